The van der Waals surface area contributed by atoms with Crippen LogP contribution in [0.1, 0.15) is 10.4 Å². The Hall–Kier alpha value is -1.12. The molecule has 24 heavy (non-hydrogen) atoms. The third-order valence-electron chi connectivity index (χ3n) is 3.37. The Morgan fingerprint density at radius 3 is 2.75 bits per heavy atom. The Bertz CT molecular complexity index is 948. The number of carboxylic acid groups (broad SMARTS) is 1. The van der Waals surface area contributed by atoms with E-state index in [0.717, 1.165) is 4.47 Å². The van der Waals surface area contributed by atoms with Crippen LogP contribution in [0, 0.1) is 5.82 Å². The first-order valence-corrected chi connectivity index (χ1v) is 7.62. The maximum Gasteiger partial charge on any atom is 1.00 e. The fraction of sp³-hybridized carbons (Fsp3) is 0.0667. The Labute approximate surface area is 172 Å². The maximum atomic E-state index is 14.7. The minimum absolute atomic E-state index is 0. The second-order valence-electron chi connectivity index (χ2n) is 4.87. The zero-order valence-electron chi connectivity index (χ0n) is 12.7. The largest absolute Gasteiger partial charge is 1.00 e. The quantitative estimate of drug-likeness (QED) is 0.617. The van der Waals surface area contributed by atoms with Crippen LogP contribution in [0.5, 0.6) is 0 Å². The Kier molecular flexibility index (Phi) is 5.93. The second kappa shape index (κ2) is 7.41. The number of carboxylic acids is 1. The number of benzene rings is 2. The molecule has 0 spiro atoms. The van der Waals surface area contributed by atoms with Crippen molar-refractivity contribution in [2.45, 2.75) is 0 Å². The van der Waals surface area contributed by atoms with Gasteiger partial charge in [-0.2, -0.15) is 0 Å². The van der Waals surface area contributed by atoms with Gasteiger partial charge in [0.2, 0.25) is 0 Å². The average molecular weight is 421 g/mol. The molecule has 0 bridgehead atoms. The van der Waals surface area contributed by atoms with Gasteiger partial charge in [-0.3, -0.25) is 0 Å². The van der Waals surface area contributed by atoms with Crippen molar-refractivity contribution < 1.29 is 43.8 Å². The molecule has 0 fully saturated rings. The van der Waals surface area contributed by atoms with E-state index in [9.17, 15) is 14.3 Å². The molecule has 0 saturated carbocycles. The number of aromatic carboxylic acids is 1. The number of halogens is 3. The normalized spacial score (nSPS) is 10.5. The van der Waals surface area contributed by atoms with Crippen molar-refractivity contribution in [3.63, 3.8) is 0 Å². The van der Waals surface area contributed by atoms with E-state index in [2.05, 4.69) is 26.2 Å². The molecule has 3 aromatic rings. The third-order valence-corrected chi connectivity index (χ3v) is 4.18. The maximum absolute atomic E-state index is 14.7. The molecule has 9 heteroatoms. The number of imidazole rings is 1. The number of nitrogens with zero attached hydrogens (tertiary/aromatic N) is 2. The topological polar surface area (TPSA) is 70.0 Å². The summed E-state index contributed by atoms with van der Waals surface area (Å²) >= 11 is 9.35. The molecule has 0 aliphatic heterocycles. The van der Waals surface area contributed by atoms with Gasteiger partial charge in [-0.1, -0.05) is 27.5 Å². The number of nitrogens with one attached hydrogen (secondary N) is 1. The molecule has 0 aliphatic carbocycles. The van der Waals surface area contributed by atoms with Gasteiger partial charge in [-0.05, 0) is 24.3 Å². The van der Waals surface area contributed by atoms with Crippen molar-refractivity contribution in [1.29, 1.82) is 0 Å². The fourth-order valence-electron chi connectivity index (χ4n) is 2.23. The van der Waals surface area contributed by atoms with Gasteiger partial charge in [-0.15, -0.1) is 0 Å². The number of anilines is 2. The molecule has 0 atom stereocenters. The number of carbonyl (C=O) groups excluding carboxylic acids is 1. The van der Waals surface area contributed by atoms with Crippen molar-refractivity contribution in [3.8, 4) is 0 Å². The Morgan fingerprint density at radius 1 is 1.42 bits per heavy atom. The van der Waals surface area contributed by atoms with Gasteiger partial charge in [0.15, 0.2) is 5.82 Å². The van der Waals surface area contributed by atoms with E-state index in [1.54, 1.807) is 25.2 Å². The van der Waals surface area contributed by atoms with Gasteiger partial charge in [0.1, 0.15) is 5.52 Å². The monoisotopic (exact) mass is 419 g/mol. The molecular formula is C15H9BrClFN3NaO2. The molecule has 0 amide bonds. The summed E-state index contributed by atoms with van der Waals surface area (Å²) in [5.74, 6) is -2.27. The summed E-state index contributed by atoms with van der Waals surface area (Å²) in [6.07, 6.45) is 1.41. The van der Waals surface area contributed by atoms with Gasteiger partial charge in [0, 0.05) is 17.1 Å². The zero-order chi connectivity index (χ0) is 16.7. The summed E-state index contributed by atoms with van der Waals surface area (Å²) in [5, 5.41) is 14.4. The van der Waals surface area contributed by atoms with Crippen LogP contribution >= 0.6 is 27.5 Å². The molecule has 1 heterocycles. The van der Waals surface area contributed by atoms with Gasteiger partial charge >= 0.3 is 29.6 Å². The minimum Gasteiger partial charge on any atom is -0.545 e. The SMILES string of the molecule is Cn1cnc2c(F)c(Nc3ccc(Br)cc3Cl)c(C(=O)[O-])cc21.[Na+]. The van der Waals surface area contributed by atoms with Crippen LogP contribution in [-0.4, -0.2) is 15.5 Å². The zero-order valence-corrected chi connectivity index (χ0v) is 17.1. The average Bonchev–Trinajstić information content (AvgIpc) is 2.85. The summed E-state index contributed by atoms with van der Waals surface area (Å²) in [6.45, 7) is 0. The number of carbonyl (C=O) groups is 1. The van der Waals surface area contributed by atoms with E-state index in [0.29, 0.717) is 16.2 Å². The van der Waals surface area contributed by atoms with Crippen molar-refractivity contribution in [2.75, 3.05) is 5.32 Å². The predicted molar refractivity (Wildman–Crippen MR) is 87.4 cm³/mol. The minimum atomic E-state index is -1.50. The van der Waals surface area contributed by atoms with Gasteiger partial charge in [0.25, 0.3) is 0 Å². The smallest absolute Gasteiger partial charge is 0.545 e. The van der Waals surface area contributed by atoms with E-state index in [1.807, 2.05) is 0 Å². The van der Waals surface area contributed by atoms with Crippen molar-refractivity contribution in [2.24, 2.45) is 7.05 Å². The molecule has 0 radical (unpaired) electrons. The van der Waals surface area contributed by atoms with Crippen LogP contribution in [0.2, 0.25) is 5.02 Å². The van der Waals surface area contributed by atoms with Gasteiger partial charge in [0.05, 0.1) is 34.2 Å². The predicted octanol–water partition coefficient (Wildman–Crippen LogP) is 0.239. The summed E-state index contributed by atoms with van der Waals surface area (Å²) < 4.78 is 17.0. The molecule has 0 saturated heterocycles. The Balaban J connectivity index is 0.00000208. The number of aryl methyl sites for hydroxylation is 1. The van der Waals surface area contributed by atoms with Crippen LogP contribution in [-0.2, 0) is 7.05 Å². The van der Waals surface area contributed by atoms with Crippen LogP contribution < -0.4 is 40.0 Å². The first-order chi connectivity index (χ1) is 10.9. The van der Waals surface area contributed by atoms with Crippen molar-refractivity contribution >= 4 is 55.9 Å². The molecule has 5 nitrogen and oxygen atoms in total. The number of fused-ring (bicyclic) bond motifs is 1. The first kappa shape index (κ1) is 19.2. The van der Waals surface area contributed by atoms with Crippen LogP contribution in [0.15, 0.2) is 35.1 Å². The molecule has 3 rings (SSSR count). The summed E-state index contributed by atoms with van der Waals surface area (Å²) in [6, 6.07) is 6.23. The molecule has 0 aliphatic rings. The van der Waals surface area contributed by atoms with E-state index >= 15 is 0 Å². The van der Waals surface area contributed by atoms with Crippen LogP contribution in [0.25, 0.3) is 11.0 Å². The standard InChI is InChI=1S/C15H10BrClFN3O2.Na/c1-21-6-19-14-11(21)5-8(15(22)23)13(12(14)18)20-10-3-2-7(16)4-9(10)17;/h2-6,20H,1H3,(H,22,23);/q;+1/p-1. The molecule has 1 aromatic heterocycles. The second-order valence-corrected chi connectivity index (χ2v) is 6.20. The van der Waals surface area contributed by atoms with E-state index in [1.165, 1.54) is 17.0 Å². The first-order valence-electron chi connectivity index (χ1n) is 6.45. The number of hydrogen-bond acceptors (Lipinski definition) is 4. The van der Waals surface area contributed by atoms with E-state index < -0.39 is 11.8 Å². The summed E-state index contributed by atoms with van der Waals surface area (Å²) in [4.78, 5) is 15.3. The van der Waals surface area contributed by atoms with Crippen LogP contribution in [0.4, 0.5) is 15.8 Å². The molecule has 1 N–H and O–H groups in total. The third kappa shape index (κ3) is 3.45. The van der Waals surface area contributed by atoms with E-state index in [-0.39, 0.29) is 46.3 Å². The van der Waals surface area contributed by atoms with Crippen molar-refractivity contribution in [3.05, 3.63) is 51.5 Å². The molecule has 118 valence electrons. The fourth-order valence-corrected chi connectivity index (χ4v) is 2.95. The van der Waals surface area contributed by atoms with Crippen LogP contribution in [0.3, 0.4) is 0 Å². The van der Waals surface area contributed by atoms with E-state index in [4.69, 9.17) is 11.6 Å². The molecule has 0 unspecified atom stereocenters. The van der Waals surface area contributed by atoms with Gasteiger partial charge in [-0.25, -0.2) is 9.37 Å². The number of rotatable bonds is 3. The summed E-state index contributed by atoms with van der Waals surface area (Å²) in [5.41, 5.74) is 0.243. The summed E-state index contributed by atoms with van der Waals surface area (Å²) in [7, 11) is 1.65. The molecule has 2 aromatic carbocycles. The van der Waals surface area contributed by atoms with Crippen molar-refractivity contribution in [1.82, 2.24) is 9.55 Å². The van der Waals surface area contributed by atoms with Gasteiger partial charge < -0.3 is 19.8 Å². The molecular weight excluding hydrogens is 412 g/mol. The Morgan fingerprint density at radius 2 is 2.12 bits per heavy atom. The number of hydrogen-bond donors (Lipinski definition) is 1. The number of aromatic nitrogens is 2.